The molecule has 2 nitrogen and oxygen atoms in total. The third kappa shape index (κ3) is 2.97. The topological polar surface area (TPSA) is 29.3 Å². The van der Waals surface area contributed by atoms with Gasteiger partial charge in [0.2, 0.25) is 0 Å². The van der Waals surface area contributed by atoms with E-state index >= 15 is 0 Å². The number of anilines is 2. The predicted octanol–water partition coefficient (Wildman–Crippen LogP) is 4.16. The Labute approximate surface area is 123 Å². The molecule has 2 aromatic carbocycles. The van der Waals surface area contributed by atoms with Crippen LogP contribution in [0.4, 0.5) is 15.8 Å². The molecule has 0 saturated carbocycles. The molecule has 0 aliphatic heterocycles. The largest absolute Gasteiger partial charge is 0.341 e. The van der Waals surface area contributed by atoms with Crippen LogP contribution in [0.25, 0.3) is 0 Å². The standard InChI is InChI=1S/C16H19FN2S/c1-3-19(13-7-4-6-12(17)10-13)15-8-5-9-16(20-2)14(15)11-18/h4-10H,3,11,18H2,1-2H3. The van der Waals surface area contributed by atoms with Gasteiger partial charge in [-0.3, -0.25) is 0 Å². The second-order valence-electron chi connectivity index (χ2n) is 4.39. The van der Waals surface area contributed by atoms with E-state index in [2.05, 4.69) is 17.9 Å². The normalized spacial score (nSPS) is 10.6. The number of hydrogen-bond donors (Lipinski definition) is 1. The first-order valence-electron chi connectivity index (χ1n) is 6.60. The molecule has 106 valence electrons. The van der Waals surface area contributed by atoms with Crippen molar-refractivity contribution in [3.05, 3.63) is 53.8 Å². The zero-order valence-electron chi connectivity index (χ0n) is 11.8. The van der Waals surface area contributed by atoms with E-state index in [4.69, 9.17) is 5.73 Å². The molecular weight excluding hydrogens is 271 g/mol. The van der Waals surface area contributed by atoms with Gasteiger partial charge in [-0.05, 0) is 43.5 Å². The van der Waals surface area contributed by atoms with Crippen molar-refractivity contribution in [3.8, 4) is 0 Å². The number of hydrogen-bond acceptors (Lipinski definition) is 3. The monoisotopic (exact) mass is 290 g/mol. The molecule has 0 atom stereocenters. The molecule has 0 aliphatic rings. The minimum atomic E-state index is -0.226. The average molecular weight is 290 g/mol. The van der Waals surface area contributed by atoms with Crippen LogP contribution in [0.3, 0.4) is 0 Å². The van der Waals surface area contributed by atoms with Crippen LogP contribution in [0.1, 0.15) is 12.5 Å². The molecule has 2 aromatic rings. The molecule has 0 heterocycles. The first-order valence-corrected chi connectivity index (χ1v) is 7.82. The molecule has 0 spiro atoms. The first-order chi connectivity index (χ1) is 9.71. The van der Waals surface area contributed by atoms with Crippen molar-refractivity contribution in [2.45, 2.75) is 18.4 Å². The van der Waals surface area contributed by atoms with Crippen molar-refractivity contribution >= 4 is 23.1 Å². The Kier molecular flexibility index (Phi) is 5.04. The summed E-state index contributed by atoms with van der Waals surface area (Å²) in [5.74, 6) is -0.226. The summed E-state index contributed by atoms with van der Waals surface area (Å²) in [6.45, 7) is 3.28. The first kappa shape index (κ1) is 14.9. The van der Waals surface area contributed by atoms with E-state index < -0.39 is 0 Å². The van der Waals surface area contributed by atoms with Crippen LogP contribution in [-0.2, 0) is 6.54 Å². The SMILES string of the molecule is CCN(c1cccc(F)c1)c1cccc(SC)c1CN. The summed E-state index contributed by atoms with van der Waals surface area (Å²) in [5, 5.41) is 0. The van der Waals surface area contributed by atoms with Crippen LogP contribution < -0.4 is 10.6 Å². The number of rotatable bonds is 5. The maximum Gasteiger partial charge on any atom is 0.125 e. The van der Waals surface area contributed by atoms with Gasteiger partial charge in [-0.25, -0.2) is 4.39 Å². The Balaban J connectivity index is 2.52. The Bertz CT molecular complexity index is 586. The molecular formula is C16H19FN2S. The van der Waals surface area contributed by atoms with E-state index in [9.17, 15) is 4.39 Å². The van der Waals surface area contributed by atoms with Crippen molar-refractivity contribution in [2.24, 2.45) is 5.73 Å². The average Bonchev–Trinajstić information content (AvgIpc) is 2.47. The van der Waals surface area contributed by atoms with Crippen molar-refractivity contribution in [2.75, 3.05) is 17.7 Å². The molecule has 0 amide bonds. The molecule has 20 heavy (non-hydrogen) atoms. The molecule has 2 N–H and O–H groups in total. The summed E-state index contributed by atoms with van der Waals surface area (Å²) in [6, 6.07) is 12.8. The van der Waals surface area contributed by atoms with Gasteiger partial charge in [-0.1, -0.05) is 12.1 Å². The summed E-state index contributed by atoms with van der Waals surface area (Å²) < 4.78 is 13.5. The molecule has 0 bridgehead atoms. The van der Waals surface area contributed by atoms with Crippen LogP contribution in [0, 0.1) is 5.82 Å². The van der Waals surface area contributed by atoms with Crippen LogP contribution in [0.15, 0.2) is 47.4 Å². The van der Waals surface area contributed by atoms with Crippen LogP contribution >= 0.6 is 11.8 Å². The Hall–Kier alpha value is -1.52. The second kappa shape index (κ2) is 6.77. The lowest BCUT2D eigenvalue weighted by molar-refractivity contribution is 0.627. The highest BCUT2D eigenvalue weighted by atomic mass is 32.2. The van der Waals surface area contributed by atoms with Crippen molar-refractivity contribution < 1.29 is 4.39 Å². The quantitative estimate of drug-likeness (QED) is 0.838. The lowest BCUT2D eigenvalue weighted by Crippen LogP contribution is -2.19. The van der Waals surface area contributed by atoms with E-state index in [1.54, 1.807) is 23.9 Å². The maximum absolute atomic E-state index is 13.5. The lowest BCUT2D eigenvalue weighted by Gasteiger charge is -2.26. The molecule has 0 radical (unpaired) electrons. The fourth-order valence-electron chi connectivity index (χ4n) is 2.34. The van der Waals surface area contributed by atoms with Gasteiger partial charge in [-0.2, -0.15) is 0 Å². The highest BCUT2D eigenvalue weighted by molar-refractivity contribution is 7.98. The van der Waals surface area contributed by atoms with Gasteiger partial charge in [0.15, 0.2) is 0 Å². The number of nitrogens with two attached hydrogens (primary N) is 1. The summed E-state index contributed by atoms with van der Waals surface area (Å²) in [5.41, 5.74) is 8.91. The van der Waals surface area contributed by atoms with E-state index in [0.29, 0.717) is 6.54 Å². The Morgan fingerprint density at radius 3 is 2.55 bits per heavy atom. The minimum Gasteiger partial charge on any atom is -0.341 e. The van der Waals surface area contributed by atoms with Gasteiger partial charge in [0.1, 0.15) is 5.82 Å². The van der Waals surface area contributed by atoms with Crippen molar-refractivity contribution in [1.82, 2.24) is 0 Å². The van der Waals surface area contributed by atoms with Gasteiger partial charge >= 0.3 is 0 Å². The van der Waals surface area contributed by atoms with Crippen LogP contribution in [0.5, 0.6) is 0 Å². The third-order valence-corrected chi connectivity index (χ3v) is 4.08. The van der Waals surface area contributed by atoms with E-state index in [1.807, 2.05) is 24.5 Å². The third-order valence-electron chi connectivity index (χ3n) is 3.26. The van der Waals surface area contributed by atoms with Crippen LogP contribution in [0.2, 0.25) is 0 Å². The smallest absolute Gasteiger partial charge is 0.125 e. The molecule has 4 heteroatoms. The fraction of sp³-hybridized carbons (Fsp3) is 0.250. The molecule has 0 saturated heterocycles. The highest BCUT2D eigenvalue weighted by Crippen LogP contribution is 2.33. The van der Waals surface area contributed by atoms with E-state index in [0.717, 1.165) is 23.5 Å². The molecule has 0 aliphatic carbocycles. The summed E-state index contributed by atoms with van der Waals surface area (Å²) in [6.07, 6.45) is 2.04. The van der Waals surface area contributed by atoms with Gasteiger partial charge in [0.05, 0.1) is 0 Å². The summed E-state index contributed by atoms with van der Waals surface area (Å²) in [7, 11) is 0. The van der Waals surface area contributed by atoms with E-state index in [1.165, 1.54) is 11.0 Å². The van der Waals surface area contributed by atoms with Gasteiger partial charge in [0.25, 0.3) is 0 Å². The number of thioether (sulfide) groups is 1. The molecule has 0 unspecified atom stereocenters. The Morgan fingerprint density at radius 1 is 1.20 bits per heavy atom. The number of halogens is 1. The van der Waals surface area contributed by atoms with Crippen molar-refractivity contribution in [3.63, 3.8) is 0 Å². The zero-order chi connectivity index (χ0) is 14.5. The zero-order valence-corrected chi connectivity index (χ0v) is 12.6. The number of nitrogens with zero attached hydrogens (tertiary/aromatic N) is 1. The van der Waals surface area contributed by atoms with E-state index in [-0.39, 0.29) is 5.82 Å². The molecule has 0 fully saturated rings. The summed E-state index contributed by atoms with van der Waals surface area (Å²) >= 11 is 1.68. The highest BCUT2D eigenvalue weighted by Gasteiger charge is 2.14. The number of benzene rings is 2. The van der Waals surface area contributed by atoms with Gasteiger partial charge in [-0.15, -0.1) is 11.8 Å². The molecule has 0 aromatic heterocycles. The maximum atomic E-state index is 13.5. The van der Waals surface area contributed by atoms with Crippen LogP contribution in [-0.4, -0.2) is 12.8 Å². The molecule has 2 rings (SSSR count). The predicted molar refractivity (Wildman–Crippen MR) is 85.2 cm³/mol. The summed E-state index contributed by atoms with van der Waals surface area (Å²) in [4.78, 5) is 3.25. The Morgan fingerprint density at radius 2 is 1.95 bits per heavy atom. The second-order valence-corrected chi connectivity index (χ2v) is 5.23. The van der Waals surface area contributed by atoms with Gasteiger partial charge in [0, 0.05) is 34.9 Å². The minimum absolute atomic E-state index is 0.226. The van der Waals surface area contributed by atoms with Gasteiger partial charge < -0.3 is 10.6 Å². The van der Waals surface area contributed by atoms with Crippen molar-refractivity contribution in [1.29, 1.82) is 0 Å². The fourth-order valence-corrected chi connectivity index (χ4v) is 2.99. The lowest BCUT2D eigenvalue weighted by atomic mass is 10.1.